The van der Waals surface area contributed by atoms with Crippen LogP contribution in [0, 0.1) is 26.2 Å². The lowest BCUT2D eigenvalue weighted by Gasteiger charge is -2.35. The van der Waals surface area contributed by atoms with Crippen molar-refractivity contribution in [3.05, 3.63) is 58.4 Å². The summed E-state index contributed by atoms with van der Waals surface area (Å²) in [7, 11) is 0. The Bertz CT molecular complexity index is 1280. The Kier molecular flexibility index (Phi) is 4.96. The number of fused-ring (bicyclic) bond motifs is 1. The van der Waals surface area contributed by atoms with Crippen molar-refractivity contribution in [2.24, 2.45) is 11.1 Å². The third kappa shape index (κ3) is 3.49. The van der Waals surface area contributed by atoms with Gasteiger partial charge >= 0.3 is 0 Å². The van der Waals surface area contributed by atoms with E-state index in [1.165, 1.54) is 12.8 Å². The number of aryl methyl sites for hydroxylation is 3. The van der Waals surface area contributed by atoms with E-state index in [1.54, 1.807) is 0 Å². The molecule has 1 saturated carbocycles. The fourth-order valence-corrected chi connectivity index (χ4v) is 5.95. The van der Waals surface area contributed by atoms with Crippen LogP contribution in [0.15, 0.2) is 30.5 Å². The van der Waals surface area contributed by atoms with E-state index in [9.17, 15) is 4.79 Å². The second-order valence-electron chi connectivity index (χ2n) is 10.8. The monoisotopic (exact) mass is 458 g/mol. The fraction of sp³-hybridized carbons (Fsp3) is 0.519. The summed E-state index contributed by atoms with van der Waals surface area (Å²) in [6.07, 6.45) is 7.59. The number of benzene rings is 1. The van der Waals surface area contributed by atoms with Gasteiger partial charge < -0.3 is 15.5 Å². The number of hydrogen-bond acceptors (Lipinski definition) is 5. The minimum Gasteiger partial charge on any atom is -0.354 e. The molecule has 7 heteroatoms. The van der Waals surface area contributed by atoms with Crippen LogP contribution in [0.5, 0.6) is 0 Å². The van der Waals surface area contributed by atoms with E-state index in [4.69, 9.17) is 15.8 Å². The van der Waals surface area contributed by atoms with Crippen LogP contribution in [0.1, 0.15) is 70.9 Å². The van der Waals surface area contributed by atoms with Crippen LogP contribution in [0.2, 0.25) is 0 Å². The summed E-state index contributed by atoms with van der Waals surface area (Å²) in [4.78, 5) is 23.0. The van der Waals surface area contributed by atoms with Gasteiger partial charge in [0, 0.05) is 54.5 Å². The highest BCUT2D eigenvalue weighted by molar-refractivity contribution is 5.96. The lowest BCUT2D eigenvalue weighted by molar-refractivity contribution is 0.0605. The number of amides is 1. The second-order valence-corrected chi connectivity index (χ2v) is 10.8. The molecule has 1 amide bonds. The van der Waals surface area contributed by atoms with Gasteiger partial charge in [-0.25, -0.2) is 9.50 Å². The molecule has 3 aromatic rings. The van der Waals surface area contributed by atoms with Crippen molar-refractivity contribution < 1.29 is 4.79 Å². The van der Waals surface area contributed by atoms with Gasteiger partial charge in [0.25, 0.3) is 5.91 Å². The molecule has 1 aromatic carbocycles. The number of carbonyl (C=O) groups excluding carboxylic acids is 1. The molecule has 1 aliphatic carbocycles. The quantitative estimate of drug-likeness (QED) is 0.643. The number of aromatic nitrogens is 3. The van der Waals surface area contributed by atoms with Gasteiger partial charge in [0.1, 0.15) is 5.82 Å². The molecule has 3 fully saturated rings. The average Bonchev–Trinajstić information content (AvgIpc) is 3.38. The summed E-state index contributed by atoms with van der Waals surface area (Å²) < 4.78 is 1.88. The summed E-state index contributed by atoms with van der Waals surface area (Å²) in [5.41, 5.74) is 12.6. The van der Waals surface area contributed by atoms with Crippen molar-refractivity contribution >= 4 is 17.4 Å². The number of piperidine rings is 1. The Morgan fingerprint density at radius 3 is 2.71 bits per heavy atom. The van der Waals surface area contributed by atoms with Crippen molar-refractivity contribution in [1.29, 1.82) is 0 Å². The summed E-state index contributed by atoms with van der Waals surface area (Å²) in [5.74, 6) is 1.12. The Balaban J connectivity index is 1.32. The number of anilines is 1. The fourth-order valence-electron chi connectivity index (χ4n) is 5.95. The zero-order valence-electron chi connectivity index (χ0n) is 20.4. The zero-order valence-corrected chi connectivity index (χ0v) is 20.4. The first-order valence-corrected chi connectivity index (χ1v) is 12.6. The first-order valence-electron chi connectivity index (χ1n) is 12.6. The normalized spacial score (nSPS) is 23.8. The minimum atomic E-state index is -0.0263. The summed E-state index contributed by atoms with van der Waals surface area (Å²) in [6, 6.07) is 8.39. The number of nitrogens with zero attached hydrogens (tertiary/aromatic N) is 5. The molecule has 1 spiro atoms. The van der Waals surface area contributed by atoms with Gasteiger partial charge in [0.2, 0.25) is 0 Å². The summed E-state index contributed by atoms with van der Waals surface area (Å²) >= 11 is 0. The maximum Gasteiger partial charge on any atom is 0.254 e. The highest BCUT2D eigenvalue weighted by Crippen LogP contribution is 2.52. The van der Waals surface area contributed by atoms with Gasteiger partial charge in [-0.15, -0.1) is 0 Å². The van der Waals surface area contributed by atoms with E-state index in [0.29, 0.717) is 5.41 Å². The summed E-state index contributed by atoms with van der Waals surface area (Å²) in [5, 5.41) is 4.90. The maximum atomic E-state index is 13.6. The van der Waals surface area contributed by atoms with Crippen molar-refractivity contribution in [3.63, 3.8) is 0 Å². The highest BCUT2D eigenvalue weighted by Gasteiger charge is 2.54. The number of nitrogens with two attached hydrogens (primary N) is 1. The number of likely N-dealkylation sites (tertiary alicyclic amines) is 1. The van der Waals surface area contributed by atoms with E-state index in [1.807, 2.05) is 35.4 Å². The molecule has 34 heavy (non-hydrogen) atoms. The molecule has 7 nitrogen and oxygen atoms in total. The van der Waals surface area contributed by atoms with Crippen LogP contribution >= 0.6 is 0 Å². The largest absolute Gasteiger partial charge is 0.354 e. The molecule has 2 saturated heterocycles. The first kappa shape index (κ1) is 21.6. The number of carbonyl (C=O) groups is 1. The van der Waals surface area contributed by atoms with Crippen molar-refractivity contribution in [1.82, 2.24) is 19.5 Å². The van der Waals surface area contributed by atoms with Gasteiger partial charge in [0.15, 0.2) is 5.65 Å². The minimum absolute atomic E-state index is 0.0263. The number of hydrogen-bond donors (Lipinski definition) is 1. The molecule has 6 rings (SSSR count). The van der Waals surface area contributed by atoms with Crippen LogP contribution < -0.4 is 10.6 Å². The topological polar surface area (TPSA) is 79.8 Å². The lowest BCUT2D eigenvalue weighted by Crippen LogP contribution is -2.39. The Labute approximate surface area is 200 Å². The lowest BCUT2D eigenvalue weighted by atomic mass is 9.96. The molecule has 4 heterocycles. The average molecular weight is 459 g/mol. The number of rotatable bonds is 3. The van der Waals surface area contributed by atoms with Crippen molar-refractivity contribution in [3.8, 4) is 0 Å². The van der Waals surface area contributed by atoms with Gasteiger partial charge in [-0.2, -0.15) is 5.10 Å². The van der Waals surface area contributed by atoms with E-state index in [-0.39, 0.29) is 18.0 Å². The van der Waals surface area contributed by atoms with E-state index < -0.39 is 0 Å². The van der Waals surface area contributed by atoms with Crippen LogP contribution in [-0.4, -0.2) is 51.1 Å². The van der Waals surface area contributed by atoms with Crippen LogP contribution in [0.3, 0.4) is 0 Å². The van der Waals surface area contributed by atoms with Gasteiger partial charge in [-0.3, -0.25) is 4.79 Å². The third-order valence-electron chi connectivity index (χ3n) is 8.25. The summed E-state index contributed by atoms with van der Waals surface area (Å²) in [6.45, 7) is 8.78. The zero-order chi connectivity index (χ0) is 23.6. The predicted octanol–water partition coefficient (Wildman–Crippen LogP) is 3.95. The Morgan fingerprint density at radius 2 is 1.94 bits per heavy atom. The van der Waals surface area contributed by atoms with Gasteiger partial charge in [-0.1, -0.05) is 17.7 Å². The molecular weight excluding hydrogens is 424 g/mol. The second kappa shape index (κ2) is 7.80. The SMILES string of the molecule is Cc1ccc(C)c(C(=O)N2CCCC[C@H]2c2cc3nc(N4C[C@@H](N)C5(CC5)C4)c(C)cn3n2)c1. The first-order chi connectivity index (χ1) is 16.3. The molecule has 2 atom stereocenters. The molecule has 2 aliphatic heterocycles. The van der Waals surface area contributed by atoms with Crippen molar-refractivity contribution in [2.75, 3.05) is 24.5 Å². The van der Waals surface area contributed by atoms with Gasteiger partial charge in [-0.05, 0) is 64.5 Å². The van der Waals surface area contributed by atoms with E-state index in [0.717, 1.165) is 78.3 Å². The highest BCUT2D eigenvalue weighted by atomic mass is 16.2. The smallest absolute Gasteiger partial charge is 0.254 e. The predicted molar refractivity (Wildman–Crippen MR) is 133 cm³/mol. The van der Waals surface area contributed by atoms with E-state index in [2.05, 4.69) is 30.2 Å². The molecule has 2 N–H and O–H groups in total. The Hall–Kier alpha value is -2.93. The van der Waals surface area contributed by atoms with Gasteiger partial charge in [0.05, 0.1) is 11.7 Å². The molecule has 178 valence electrons. The van der Waals surface area contributed by atoms with Crippen molar-refractivity contribution in [2.45, 2.75) is 65.0 Å². The molecule has 0 unspecified atom stereocenters. The maximum absolute atomic E-state index is 13.6. The molecular formula is C27H34N6O. The molecule has 0 bridgehead atoms. The Morgan fingerprint density at radius 1 is 1.12 bits per heavy atom. The molecule has 2 aromatic heterocycles. The molecule has 3 aliphatic rings. The van der Waals surface area contributed by atoms with Crippen LogP contribution in [0.25, 0.3) is 5.65 Å². The third-order valence-corrected chi connectivity index (χ3v) is 8.25. The van der Waals surface area contributed by atoms with Crippen LogP contribution in [-0.2, 0) is 0 Å². The standard InChI is InChI=1S/C27H34N6O/c1-17-7-8-18(2)20(12-17)26(34)32-11-5-4-6-22(32)21-13-24-29-25(19(3)14-33(24)30-21)31-15-23(28)27(16-31)9-10-27/h7-8,12-14,22-23H,4-6,9-11,15-16,28H2,1-3H3/t22-,23+/m0/s1. The van der Waals surface area contributed by atoms with E-state index >= 15 is 0 Å². The van der Waals surface area contributed by atoms with Crippen LogP contribution in [0.4, 0.5) is 5.82 Å². The molecule has 0 radical (unpaired) electrons.